The number of amides is 1. The highest BCUT2D eigenvalue weighted by molar-refractivity contribution is 7.20. The molecule has 2 atom stereocenters. The SMILES string of the molecule is COc1c(F)c2c(c(F)c1OCCCOc1c(OC)c(F)c3sc(C(=O)C[C@H](C)C(=O)O)cc3c1F)CN(C(=O)C[C@H](C)C(=O)O)C2. The van der Waals surface area contributed by atoms with Crippen LogP contribution in [0.15, 0.2) is 6.07 Å². The maximum Gasteiger partial charge on any atom is 0.306 e. The topological polar surface area (TPSA) is 149 Å². The first-order chi connectivity index (χ1) is 22.2. The smallest absolute Gasteiger partial charge is 0.306 e. The Morgan fingerprint density at radius 3 is 1.81 bits per heavy atom. The van der Waals surface area contributed by atoms with Gasteiger partial charge in [-0.3, -0.25) is 19.2 Å². The maximum atomic E-state index is 15.5. The molecule has 11 nitrogen and oxygen atoms in total. The van der Waals surface area contributed by atoms with E-state index in [1.165, 1.54) is 13.8 Å². The van der Waals surface area contributed by atoms with E-state index in [2.05, 4.69) is 0 Å². The molecule has 2 heterocycles. The zero-order valence-corrected chi connectivity index (χ0v) is 26.5. The van der Waals surface area contributed by atoms with Gasteiger partial charge >= 0.3 is 11.9 Å². The van der Waals surface area contributed by atoms with E-state index in [1.54, 1.807) is 0 Å². The maximum absolute atomic E-state index is 15.5. The lowest BCUT2D eigenvalue weighted by Gasteiger charge is -2.16. The fourth-order valence-corrected chi connectivity index (χ4v) is 5.97. The van der Waals surface area contributed by atoms with Crippen molar-refractivity contribution in [3.05, 3.63) is 45.3 Å². The van der Waals surface area contributed by atoms with E-state index >= 15 is 17.6 Å². The van der Waals surface area contributed by atoms with Gasteiger partial charge in [-0.1, -0.05) is 13.8 Å². The molecule has 0 unspecified atom stereocenters. The number of ketones is 1. The quantitative estimate of drug-likeness (QED) is 0.118. The van der Waals surface area contributed by atoms with Gasteiger partial charge in [0.2, 0.25) is 23.2 Å². The van der Waals surface area contributed by atoms with Crippen LogP contribution in [-0.2, 0) is 27.5 Å². The molecule has 0 fully saturated rings. The molecule has 2 aromatic carbocycles. The van der Waals surface area contributed by atoms with E-state index in [0.29, 0.717) is 11.3 Å². The minimum Gasteiger partial charge on any atom is -0.490 e. The van der Waals surface area contributed by atoms with Crippen molar-refractivity contribution in [2.45, 2.75) is 46.2 Å². The molecule has 0 saturated heterocycles. The van der Waals surface area contributed by atoms with Gasteiger partial charge in [-0.2, -0.15) is 0 Å². The first-order valence-corrected chi connectivity index (χ1v) is 15.1. The van der Waals surface area contributed by atoms with Crippen molar-refractivity contribution < 1.29 is 65.9 Å². The van der Waals surface area contributed by atoms with Gasteiger partial charge in [-0.25, -0.2) is 17.6 Å². The molecule has 254 valence electrons. The number of rotatable bonds is 15. The van der Waals surface area contributed by atoms with Crippen molar-refractivity contribution in [3.63, 3.8) is 0 Å². The molecule has 0 bridgehead atoms. The molecular formula is C31H31F4NO10S. The molecule has 1 amide bonds. The van der Waals surface area contributed by atoms with E-state index in [4.69, 9.17) is 29.2 Å². The molecule has 2 N–H and O–H groups in total. The average Bonchev–Trinajstić information content (AvgIpc) is 3.68. The lowest BCUT2D eigenvalue weighted by atomic mass is 10.0. The number of benzene rings is 2. The third kappa shape index (κ3) is 7.06. The van der Waals surface area contributed by atoms with Gasteiger partial charge in [0.1, 0.15) is 0 Å². The highest BCUT2D eigenvalue weighted by atomic mass is 32.1. The van der Waals surface area contributed by atoms with E-state index in [0.717, 1.165) is 25.2 Å². The van der Waals surface area contributed by atoms with Crippen LogP contribution in [-0.4, -0.2) is 66.2 Å². The standard InChI is InChI=1S/C31H31F4NO10S/c1-13(30(39)40)8-18(37)19-10-15-21(32)27(26(44-4)24(35)29(15)47-19)45-6-5-7-46-28-23(34)17-12-36(20(38)9-14(2)31(41)42)11-16(17)22(33)25(28)43-3/h10,13-14H,5-9,11-12H2,1-4H3,(H,39,40)(H,41,42)/t13-,14-/m0/s1. The summed E-state index contributed by atoms with van der Waals surface area (Å²) in [7, 11) is 2.19. The number of nitrogens with zero attached hydrogens (tertiary/aromatic N) is 1. The van der Waals surface area contributed by atoms with E-state index in [9.17, 15) is 19.2 Å². The van der Waals surface area contributed by atoms with Crippen molar-refractivity contribution >= 4 is 45.1 Å². The molecule has 0 radical (unpaired) electrons. The summed E-state index contributed by atoms with van der Waals surface area (Å²) in [5.74, 6) is -11.8. The van der Waals surface area contributed by atoms with Crippen molar-refractivity contribution in [3.8, 4) is 23.0 Å². The van der Waals surface area contributed by atoms with Crippen LogP contribution in [0.5, 0.6) is 23.0 Å². The van der Waals surface area contributed by atoms with E-state index in [-0.39, 0.29) is 71.7 Å². The normalized spacial score (nSPS) is 13.7. The number of hydrogen-bond acceptors (Lipinski definition) is 9. The van der Waals surface area contributed by atoms with Crippen LogP contribution in [0.4, 0.5) is 17.6 Å². The first-order valence-electron chi connectivity index (χ1n) is 14.3. The zero-order chi connectivity index (χ0) is 34.7. The zero-order valence-electron chi connectivity index (χ0n) is 25.7. The molecule has 1 aliphatic rings. The second-order valence-electron chi connectivity index (χ2n) is 10.9. The lowest BCUT2D eigenvalue weighted by Crippen LogP contribution is -2.28. The summed E-state index contributed by atoms with van der Waals surface area (Å²) in [6, 6.07) is 1.11. The largest absolute Gasteiger partial charge is 0.490 e. The van der Waals surface area contributed by atoms with Crippen LogP contribution in [0.1, 0.15) is 53.9 Å². The molecule has 3 aromatic rings. The summed E-state index contributed by atoms with van der Waals surface area (Å²) in [6.07, 6.45) is -0.761. The monoisotopic (exact) mass is 685 g/mol. The Hall–Kier alpha value is -4.60. The minimum absolute atomic E-state index is 0.0400. The van der Waals surface area contributed by atoms with Gasteiger partial charge < -0.3 is 34.1 Å². The van der Waals surface area contributed by atoms with Crippen LogP contribution >= 0.6 is 11.3 Å². The van der Waals surface area contributed by atoms with Crippen LogP contribution in [0, 0.1) is 35.1 Å². The van der Waals surface area contributed by atoms with Gasteiger partial charge in [-0.05, 0) is 6.07 Å². The number of aliphatic carboxylic acids is 2. The average molecular weight is 686 g/mol. The van der Waals surface area contributed by atoms with Crippen LogP contribution in [0.3, 0.4) is 0 Å². The highest BCUT2D eigenvalue weighted by Crippen LogP contribution is 2.44. The van der Waals surface area contributed by atoms with Crippen LogP contribution < -0.4 is 18.9 Å². The minimum atomic E-state index is -1.19. The lowest BCUT2D eigenvalue weighted by molar-refractivity contribution is -0.145. The van der Waals surface area contributed by atoms with E-state index in [1.807, 2.05) is 0 Å². The Bertz CT molecular complexity index is 1740. The van der Waals surface area contributed by atoms with E-state index < -0.39 is 81.7 Å². The number of carboxylic acids is 2. The molecule has 1 aromatic heterocycles. The predicted molar refractivity (Wildman–Crippen MR) is 158 cm³/mol. The van der Waals surface area contributed by atoms with Crippen molar-refractivity contribution in [1.29, 1.82) is 0 Å². The Labute approximate surface area is 269 Å². The fourth-order valence-electron chi connectivity index (χ4n) is 4.94. The number of ether oxygens (including phenoxy) is 4. The van der Waals surface area contributed by atoms with Gasteiger partial charge in [0.15, 0.2) is 34.8 Å². The molecule has 0 saturated carbocycles. The second kappa shape index (κ2) is 14.4. The summed E-state index contributed by atoms with van der Waals surface area (Å²) in [5, 5.41) is 17.9. The third-order valence-electron chi connectivity index (χ3n) is 7.60. The summed E-state index contributed by atoms with van der Waals surface area (Å²) in [4.78, 5) is 48.4. The van der Waals surface area contributed by atoms with Crippen LogP contribution in [0.25, 0.3) is 10.1 Å². The number of fused-ring (bicyclic) bond motifs is 2. The van der Waals surface area contributed by atoms with Crippen LogP contribution in [0.2, 0.25) is 0 Å². The Kier molecular flexibility index (Phi) is 10.8. The summed E-state index contributed by atoms with van der Waals surface area (Å²) in [5.41, 5.74) is -0.270. The number of carbonyl (C=O) groups excluding carboxylic acids is 2. The van der Waals surface area contributed by atoms with Gasteiger partial charge in [-0.15, -0.1) is 11.3 Å². The Balaban J connectivity index is 1.46. The Morgan fingerprint density at radius 1 is 0.787 bits per heavy atom. The molecule has 0 aliphatic carbocycles. The molecule has 0 spiro atoms. The number of hydrogen-bond donors (Lipinski definition) is 2. The second-order valence-corrected chi connectivity index (χ2v) is 12.0. The van der Waals surface area contributed by atoms with Gasteiger partial charge in [0.05, 0.1) is 48.8 Å². The fraction of sp³-hybridized carbons (Fsp3) is 0.419. The number of thiophene rings is 1. The predicted octanol–water partition coefficient (Wildman–Crippen LogP) is 5.57. The molecule has 4 rings (SSSR count). The van der Waals surface area contributed by atoms with Gasteiger partial charge in [0, 0.05) is 48.9 Å². The molecular weight excluding hydrogens is 654 g/mol. The van der Waals surface area contributed by atoms with Crippen molar-refractivity contribution in [2.75, 3.05) is 27.4 Å². The number of Topliss-reactive ketones (excluding diaryl/α,β-unsaturated/α-hetero) is 1. The van der Waals surface area contributed by atoms with Crippen molar-refractivity contribution in [1.82, 2.24) is 4.90 Å². The number of carboxylic acid groups (broad SMARTS) is 2. The number of halogens is 4. The van der Waals surface area contributed by atoms with Crippen molar-refractivity contribution in [2.24, 2.45) is 11.8 Å². The van der Waals surface area contributed by atoms with Gasteiger partial charge in [0.25, 0.3) is 0 Å². The number of methoxy groups -OCH3 is 2. The summed E-state index contributed by atoms with van der Waals surface area (Å²) in [6.45, 7) is 1.49. The summed E-state index contributed by atoms with van der Waals surface area (Å²) < 4.78 is 82.4. The molecule has 47 heavy (non-hydrogen) atoms. The first kappa shape index (κ1) is 35.3. The Morgan fingerprint density at radius 2 is 1.28 bits per heavy atom. The highest BCUT2D eigenvalue weighted by Gasteiger charge is 2.35. The molecule has 1 aliphatic heterocycles. The molecule has 16 heteroatoms. The third-order valence-corrected chi connectivity index (χ3v) is 8.77. The number of carbonyl (C=O) groups is 4. The summed E-state index contributed by atoms with van der Waals surface area (Å²) >= 11 is 0.651.